The van der Waals surface area contributed by atoms with Gasteiger partial charge in [0.15, 0.2) is 6.04 Å². The third kappa shape index (κ3) is 2.24. The summed E-state index contributed by atoms with van der Waals surface area (Å²) in [5.74, 6) is 0.499. The zero-order chi connectivity index (χ0) is 15.0. The Hall–Kier alpha value is -2.43. The fourth-order valence-corrected chi connectivity index (χ4v) is 2.75. The van der Waals surface area contributed by atoms with Crippen LogP contribution in [-0.4, -0.2) is 24.7 Å². The highest BCUT2D eigenvalue weighted by Crippen LogP contribution is 2.34. The van der Waals surface area contributed by atoms with Gasteiger partial charge in [-0.25, -0.2) is 4.79 Å². The van der Waals surface area contributed by atoms with Crippen molar-refractivity contribution in [2.24, 2.45) is 0 Å². The van der Waals surface area contributed by atoms with Gasteiger partial charge in [0.25, 0.3) is 0 Å². The first-order valence-corrected chi connectivity index (χ1v) is 6.93. The van der Waals surface area contributed by atoms with Gasteiger partial charge in [-0.15, -0.1) is 0 Å². The molecule has 1 unspecified atom stereocenters. The van der Waals surface area contributed by atoms with Crippen LogP contribution in [0, 0.1) is 0 Å². The molecule has 110 valence electrons. The van der Waals surface area contributed by atoms with Gasteiger partial charge in [0.05, 0.1) is 19.4 Å². The SMILES string of the molecule is C=C1Cc2c([nH]c3ccc(OC)cc23)C(C(=O)OCC)N1. The number of rotatable bonds is 3. The van der Waals surface area contributed by atoms with Crippen molar-refractivity contribution in [1.82, 2.24) is 10.3 Å². The largest absolute Gasteiger partial charge is 0.497 e. The van der Waals surface area contributed by atoms with E-state index < -0.39 is 6.04 Å². The Morgan fingerprint density at radius 1 is 1.48 bits per heavy atom. The number of carbonyl (C=O) groups is 1. The maximum absolute atomic E-state index is 12.1. The quantitative estimate of drug-likeness (QED) is 0.851. The minimum absolute atomic E-state index is 0.293. The molecule has 1 aliphatic rings. The van der Waals surface area contributed by atoms with Gasteiger partial charge in [0.2, 0.25) is 0 Å². The molecule has 0 bridgehead atoms. The number of benzene rings is 1. The minimum Gasteiger partial charge on any atom is -0.497 e. The number of carbonyl (C=O) groups excluding carboxylic acids is 1. The van der Waals surface area contributed by atoms with Gasteiger partial charge in [-0.1, -0.05) is 6.58 Å². The Morgan fingerprint density at radius 2 is 2.29 bits per heavy atom. The second-order valence-corrected chi connectivity index (χ2v) is 5.04. The number of aromatic nitrogens is 1. The summed E-state index contributed by atoms with van der Waals surface area (Å²) in [6.45, 7) is 6.12. The van der Waals surface area contributed by atoms with E-state index in [1.54, 1.807) is 14.0 Å². The summed E-state index contributed by atoms with van der Waals surface area (Å²) in [4.78, 5) is 15.5. The summed E-state index contributed by atoms with van der Waals surface area (Å²) in [6, 6.07) is 5.30. The van der Waals surface area contributed by atoms with Crippen molar-refractivity contribution in [3.05, 3.63) is 41.7 Å². The molecule has 1 aromatic carbocycles. The van der Waals surface area contributed by atoms with E-state index in [2.05, 4.69) is 16.9 Å². The first-order valence-electron chi connectivity index (χ1n) is 6.93. The van der Waals surface area contributed by atoms with Crippen molar-refractivity contribution >= 4 is 16.9 Å². The summed E-state index contributed by atoms with van der Waals surface area (Å²) in [6.07, 6.45) is 0.679. The fraction of sp³-hybridized carbons (Fsp3) is 0.312. The molecule has 21 heavy (non-hydrogen) atoms. The van der Waals surface area contributed by atoms with E-state index in [0.717, 1.165) is 33.6 Å². The van der Waals surface area contributed by atoms with E-state index in [1.807, 2.05) is 18.2 Å². The third-order valence-corrected chi connectivity index (χ3v) is 3.70. The molecule has 0 fully saturated rings. The number of esters is 1. The standard InChI is InChI=1S/C16H18N2O3/c1-4-21-16(19)15-14-12(7-9(2)17-15)11-8-10(20-3)5-6-13(11)18-14/h5-6,8,15,17-18H,2,4,7H2,1,3H3. The first kappa shape index (κ1) is 13.5. The molecule has 0 aliphatic carbocycles. The van der Waals surface area contributed by atoms with Crippen LogP contribution in [0.3, 0.4) is 0 Å². The van der Waals surface area contributed by atoms with E-state index in [-0.39, 0.29) is 5.97 Å². The van der Waals surface area contributed by atoms with Crippen molar-refractivity contribution in [2.75, 3.05) is 13.7 Å². The van der Waals surface area contributed by atoms with E-state index in [9.17, 15) is 4.79 Å². The van der Waals surface area contributed by atoms with Crippen LogP contribution in [0.4, 0.5) is 0 Å². The van der Waals surface area contributed by atoms with E-state index in [0.29, 0.717) is 13.0 Å². The van der Waals surface area contributed by atoms with Crippen LogP contribution in [0.25, 0.3) is 10.9 Å². The lowest BCUT2D eigenvalue weighted by atomic mass is 9.97. The van der Waals surface area contributed by atoms with Crippen LogP contribution in [-0.2, 0) is 16.0 Å². The number of allylic oxidation sites excluding steroid dienone is 1. The number of aromatic amines is 1. The molecule has 5 nitrogen and oxygen atoms in total. The first-order chi connectivity index (χ1) is 10.1. The molecule has 2 heterocycles. The highest BCUT2D eigenvalue weighted by atomic mass is 16.5. The van der Waals surface area contributed by atoms with Crippen LogP contribution in [0.15, 0.2) is 30.5 Å². The number of nitrogens with one attached hydrogen (secondary N) is 2. The van der Waals surface area contributed by atoms with E-state index in [4.69, 9.17) is 9.47 Å². The van der Waals surface area contributed by atoms with Crippen LogP contribution in [0.1, 0.15) is 24.2 Å². The van der Waals surface area contributed by atoms with E-state index in [1.165, 1.54) is 0 Å². The maximum Gasteiger partial charge on any atom is 0.334 e. The summed E-state index contributed by atoms with van der Waals surface area (Å²) in [7, 11) is 1.64. The predicted molar refractivity (Wildman–Crippen MR) is 80.2 cm³/mol. The monoisotopic (exact) mass is 286 g/mol. The van der Waals surface area contributed by atoms with Gasteiger partial charge in [-0.05, 0) is 30.7 Å². The summed E-state index contributed by atoms with van der Waals surface area (Å²) < 4.78 is 10.4. The van der Waals surface area contributed by atoms with Crippen LogP contribution >= 0.6 is 0 Å². The zero-order valence-corrected chi connectivity index (χ0v) is 12.2. The van der Waals surface area contributed by atoms with Crippen LogP contribution < -0.4 is 10.1 Å². The molecule has 2 aromatic rings. The second-order valence-electron chi connectivity index (χ2n) is 5.04. The predicted octanol–water partition coefficient (Wildman–Crippen LogP) is 2.44. The molecule has 1 aromatic heterocycles. The second kappa shape index (κ2) is 5.16. The van der Waals surface area contributed by atoms with Crippen LogP contribution in [0.5, 0.6) is 5.75 Å². The molecule has 0 radical (unpaired) electrons. The Kier molecular flexibility index (Phi) is 3.33. The van der Waals surface area contributed by atoms with Gasteiger partial charge in [-0.3, -0.25) is 0 Å². The Bertz CT molecular complexity index is 718. The lowest BCUT2D eigenvalue weighted by Gasteiger charge is -2.25. The molecule has 5 heteroatoms. The van der Waals surface area contributed by atoms with Gasteiger partial charge >= 0.3 is 5.97 Å². The molecular weight excluding hydrogens is 268 g/mol. The highest BCUT2D eigenvalue weighted by Gasteiger charge is 2.31. The van der Waals surface area contributed by atoms with Crippen molar-refractivity contribution in [2.45, 2.75) is 19.4 Å². The highest BCUT2D eigenvalue weighted by molar-refractivity contribution is 5.90. The zero-order valence-electron chi connectivity index (χ0n) is 12.2. The van der Waals surface area contributed by atoms with Gasteiger partial charge in [-0.2, -0.15) is 0 Å². The average molecular weight is 286 g/mol. The Labute approximate surface area is 122 Å². The Balaban J connectivity index is 2.13. The van der Waals surface area contributed by atoms with Gasteiger partial charge < -0.3 is 19.8 Å². The average Bonchev–Trinajstić information content (AvgIpc) is 2.84. The molecule has 2 N–H and O–H groups in total. The van der Waals surface area contributed by atoms with Crippen molar-refractivity contribution in [3.8, 4) is 5.75 Å². The van der Waals surface area contributed by atoms with Crippen molar-refractivity contribution < 1.29 is 14.3 Å². The third-order valence-electron chi connectivity index (χ3n) is 3.70. The lowest BCUT2D eigenvalue weighted by Crippen LogP contribution is -2.34. The van der Waals surface area contributed by atoms with Crippen molar-refractivity contribution in [3.63, 3.8) is 0 Å². The smallest absolute Gasteiger partial charge is 0.334 e. The van der Waals surface area contributed by atoms with Crippen LogP contribution in [0.2, 0.25) is 0 Å². The molecule has 0 saturated heterocycles. The van der Waals surface area contributed by atoms with Gasteiger partial charge in [0.1, 0.15) is 5.75 Å². The summed E-state index contributed by atoms with van der Waals surface area (Å²) in [5.41, 5.74) is 3.71. The topological polar surface area (TPSA) is 63.4 Å². The molecule has 1 aliphatic heterocycles. The molecule has 3 rings (SSSR count). The van der Waals surface area contributed by atoms with Crippen molar-refractivity contribution in [1.29, 1.82) is 0 Å². The lowest BCUT2D eigenvalue weighted by molar-refractivity contribution is -0.145. The Morgan fingerprint density at radius 3 is 3.00 bits per heavy atom. The number of ether oxygens (including phenoxy) is 2. The number of fused-ring (bicyclic) bond motifs is 3. The normalized spacial score (nSPS) is 17.2. The fourth-order valence-electron chi connectivity index (χ4n) is 2.75. The molecule has 0 saturated carbocycles. The minimum atomic E-state index is -0.528. The van der Waals surface area contributed by atoms with E-state index >= 15 is 0 Å². The summed E-state index contributed by atoms with van der Waals surface area (Å²) >= 11 is 0. The summed E-state index contributed by atoms with van der Waals surface area (Å²) in [5, 5.41) is 4.17. The van der Waals surface area contributed by atoms with Gasteiger partial charge in [0, 0.05) is 23.0 Å². The molecule has 1 atom stereocenters. The number of hydrogen-bond acceptors (Lipinski definition) is 4. The maximum atomic E-state index is 12.1. The number of H-pyrrole nitrogens is 1. The molecular formula is C16H18N2O3. The number of methoxy groups -OCH3 is 1. The molecule has 0 spiro atoms. The molecule has 0 amide bonds. The number of hydrogen-bond donors (Lipinski definition) is 2.